The fourth-order valence-corrected chi connectivity index (χ4v) is 3.04. The summed E-state index contributed by atoms with van der Waals surface area (Å²) in [6.07, 6.45) is 1.16. The summed E-state index contributed by atoms with van der Waals surface area (Å²) in [5.41, 5.74) is -0.491. The molecule has 0 atom stereocenters. The number of rotatable bonds is 5. The summed E-state index contributed by atoms with van der Waals surface area (Å²) in [5.74, 6) is -3.22. The lowest BCUT2D eigenvalue weighted by Crippen LogP contribution is -2.26. The van der Waals surface area contributed by atoms with E-state index < -0.39 is 29.0 Å². The SMILES string of the molecule is O=C(Nc1ccccc1F)C(=Cc1c(Cl)cccc1Cl)C(=O)Nc1ccccc1F. The van der Waals surface area contributed by atoms with Crippen LogP contribution in [0.25, 0.3) is 6.08 Å². The van der Waals surface area contributed by atoms with E-state index >= 15 is 0 Å². The lowest BCUT2D eigenvalue weighted by atomic mass is 10.1. The van der Waals surface area contributed by atoms with Gasteiger partial charge in [0.05, 0.1) is 11.4 Å². The van der Waals surface area contributed by atoms with Gasteiger partial charge in [-0.2, -0.15) is 0 Å². The van der Waals surface area contributed by atoms with Crippen LogP contribution < -0.4 is 10.6 Å². The van der Waals surface area contributed by atoms with Crippen LogP contribution in [0.4, 0.5) is 20.2 Å². The smallest absolute Gasteiger partial charge is 0.261 e. The van der Waals surface area contributed by atoms with Crippen LogP contribution in [0.15, 0.2) is 72.3 Å². The molecule has 4 nitrogen and oxygen atoms in total. The van der Waals surface area contributed by atoms with Crippen molar-refractivity contribution < 1.29 is 18.4 Å². The lowest BCUT2D eigenvalue weighted by molar-refractivity contribution is -0.118. The summed E-state index contributed by atoms with van der Waals surface area (Å²) in [5, 5.41) is 5.04. The molecule has 0 aliphatic carbocycles. The molecule has 0 saturated heterocycles. The van der Waals surface area contributed by atoms with Gasteiger partial charge in [0.2, 0.25) is 0 Å². The van der Waals surface area contributed by atoms with Crippen LogP contribution in [0.3, 0.4) is 0 Å². The molecule has 3 aromatic rings. The molecular weight excluding hydrogens is 433 g/mol. The molecule has 0 radical (unpaired) electrons. The van der Waals surface area contributed by atoms with Crippen LogP contribution in [-0.4, -0.2) is 11.8 Å². The second-order valence-electron chi connectivity index (χ2n) is 6.06. The third-order valence-electron chi connectivity index (χ3n) is 4.02. The highest BCUT2D eigenvalue weighted by Crippen LogP contribution is 2.27. The molecule has 0 saturated carbocycles. The van der Waals surface area contributed by atoms with E-state index in [1.807, 2.05) is 0 Å². The Bertz CT molecular complexity index is 1070. The molecule has 0 unspecified atom stereocenters. The highest BCUT2D eigenvalue weighted by molar-refractivity contribution is 6.38. The summed E-state index contributed by atoms with van der Waals surface area (Å²) < 4.78 is 27.9. The van der Waals surface area contributed by atoms with Gasteiger partial charge < -0.3 is 10.6 Å². The molecule has 0 aliphatic rings. The number of para-hydroxylation sites is 2. The quantitative estimate of drug-likeness (QED) is 0.289. The molecule has 2 N–H and O–H groups in total. The zero-order valence-corrected chi connectivity index (χ0v) is 16.8. The van der Waals surface area contributed by atoms with E-state index in [-0.39, 0.29) is 27.0 Å². The minimum Gasteiger partial charge on any atom is -0.319 e. The maximum Gasteiger partial charge on any atom is 0.261 e. The molecule has 152 valence electrons. The molecule has 0 heterocycles. The van der Waals surface area contributed by atoms with Gasteiger partial charge >= 0.3 is 0 Å². The monoisotopic (exact) mass is 446 g/mol. The third-order valence-corrected chi connectivity index (χ3v) is 4.68. The number of hydrogen-bond donors (Lipinski definition) is 2. The zero-order valence-electron chi connectivity index (χ0n) is 15.3. The highest BCUT2D eigenvalue weighted by atomic mass is 35.5. The first-order valence-corrected chi connectivity index (χ1v) is 9.40. The van der Waals surface area contributed by atoms with Crippen LogP contribution in [0, 0.1) is 11.6 Å². The minimum atomic E-state index is -0.926. The summed E-state index contributed by atoms with van der Waals surface area (Å²) in [6.45, 7) is 0. The molecular formula is C22H14Cl2F2N2O2. The summed E-state index contributed by atoms with van der Waals surface area (Å²) >= 11 is 12.3. The normalized spacial score (nSPS) is 10.3. The van der Waals surface area contributed by atoms with Crippen LogP contribution in [0.5, 0.6) is 0 Å². The van der Waals surface area contributed by atoms with Crippen molar-refractivity contribution in [3.63, 3.8) is 0 Å². The topological polar surface area (TPSA) is 58.2 Å². The van der Waals surface area contributed by atoms with E-state index in [9.17, 15) is 18.4 Å². The number of nitrogens with one attached hydrogen (secondary N) is 2. The fourth-order valence-electron chi connectivity index (χ4n) is 2.53. The lowest BCUT2D eigenvalue weighted by Gasteiger charge is -2.12. The van der Waals surface area contributed by atoms with Crippen LogP contribution in [-0.2, 0) is 9.59 Å². The van der Waals surface area contributed by atoms with E-state index in [0.717, 1.165) is 18.2 Å². The van der Waals surface area contributed by atoms with E-state index in [0.29, 0.717) is 0 Å². The maximum absolute atomic E-state index is 13.9. The van der Waals surface area contributed by atoms with Crippen molar-refractivity contribution >= 4 is 52.5 Å². The van der Waals surface area contributed by atoms with Gasteiger partial charge in [-0.05, 0) is 42.5 Å². The Morgan fingerprint density at radius 2 is 1.13 bits per heavy atom. The van der Waals surface area contributed by atoms with Gasteiger partial charge in [-0.15, -0.1) is 0 Å². The van der Waals surface area contributed by atoms with Crippen LogP contribution >= 0.6 is 23.2 Å². The van der Waals surface area contributed by atoms with Crippen molar-refractivity contribution in [2.24, 2.45) is 0 Å². The van der Waals surface area contributed by atoms with E-state index in [2.05, 4.69) is 10.6 Å². The van der Waals surface area contributed by atoms with Gasteiger partial charge in [-0.25, -0.2) is 8.78 Å². The van der Waals surface area contributed by atoms with Crippen molar-refractivity contribution in [3.8, 4) is 0 Å². The second-order valence-corrected chi connectivity index (χ2v) is 6.88. The Morgan fingerprint density at radius 1 is 0.700 bits per heavy atom. The van der Waals surface area contributed by atoms with Gasteiger partial charge in [0, 0.05) is 15.6 Å². The van der Waals surface area contributed by atoms with Crippen LogP contribution in [0.1, 0.15) is 5.56 Å². The average Bonchev–Trinajstić information content (AvgIpc) is 2.71. The first-order chi connectivity index (χ1) is 14.4. The number of anilines is 2. The Balaban J connectivity index is 2.01. The van der Waals surface area contributed by atoms with Crippen LogP contribution in [0.2, 0.25) is 10.0 Å². The largest absolute Gasteiger partial charge is 0.319 e. The maximum atomic E-state index is 13.9. The van der Waals surface area contributed by atoms with Gasteiger partial charge in [0.1, 0.15) is 17.2 Å². The van der Waals surface area contributed by atoms with Crippen molar-refractivity contribution in [1.82, 2.24) is 0 Å². The van der Waals surface area contributed by atoms with Crippen molar-refractivity contribution in [2.75, 3.05) is 10.6 Å². The highest BCUT2D eigenvalue weighted by Gasteiger charge is 2.22. The van der Waals surface area contributed by atoms with Gasteiger partial charge in [-0.3, -0.25) is 9.59 Å². The number of halogens is 4. The molecule has 0 aliphatic heterocycles. The third kappa shape index (κ3) is 5.03. The number of carbonyl (C=O) groups is 2. The number of hydrogen-bond acceptors (Lipinski definition) is 2. The zero-order chi connectivity index (χ0) is 21.7. The molecule has 0 spiro atoms. The first-order valence-electron chi connectivity index (χ1n) is 8.64. The molecule has 3 rings (SSSR count). The Kier molecular flexibility index (Phi) is 6.82. The van der Waals surface area contributed by atoms with Crippen molar-refractivity contribution in [1.29, 1.82) is 0 Å². The fraction of sp³-hybridized carbons (Fsp3) is 0. The Labute approximate surface area is 181 Å². The molecule has 8 heteroatoms. The Hall–Kier alpha value is -3.22. The predicted octanol–water partition coefficient (Wildman–Crippen LogP) is 5.93. The summed E-state index contributed by atoms with van der Waals surface area (Å²) in [7, 11) is 0. The van der Waals surface area contributed by atoms with Crippen molar-refractivity contribution in [2.45, 2.75) is 0 Å². The molecule has 30 heavy (non-hydrogen) atoms. The average molecular weight is 447 g/mol. The number of carbonyl (C=O) groups excluding carboxylic acids is 2. The number of amides is 2. The first kappa shape index (κ1) is 21.5. The molecule has 0 fully saturated rings. The van der Waals surface area contributed by atoms with Gasteiger partial charge in [-0.1, -0.05) is 53.5 Å². The summed E-state index contributed by atoms with van der Waals surface area (Å²) in [6, 6.07) is 15.6. The standard InChI is InChI=1S/C22H14Cl2F2N2O2/c23-15-6-5-7-16(24)13(15)12-14(21(29)27-19-10-3-1-8-17(19)25)22(30)28-20-11-4-2-9-18(20)26/h1-12H,(H,27,29)(H,28,30). The molecule has 3 aromatic carbocycles. The van der Waals surface area contributed by atoms with Gasteiger partial charge in [0.15, 0.2) is 0 Å². The van der Waals surface area contributed by atoms with E-state index in [1.54, 1.807) is 6.07 Å². The van der Waals surface area contributed by atoms with Gasteiger partial charge in [0.25, 0.3) is 11.8 Å². The van der Waals surface area contributed by atoms with Crippen molar-refractivity contribution in [3.05, 3.63) is 99.5 Å². The Morgan fingerprint density at radius 3 is 1.57 bits per heavy atom. The molecule has 2 amide bonds. The van der Waals surface area contributed by atoms with E-state index in [4.69, 9.17) is 23.2 Å². The molecule has 0 bridgehead atoms. The minimum absolute atomic E-state index is 0.127. The number of benzene rings is 3. The second kappa shape index (κ2) is 9.52. The summed E-state index contributed by atoms with van der Waals surface area (Å²) in [4.78, 5) is 25.6. The predicted molar refractivity (Wildman–Crippen MR) is 114 cm³/mol. The van der Waals surface area contributed by atoms with E-state index in [1.165, 1.54) is 48.5 Å². The molecule has 0 aromatic heterocycles.